The fourth-order valence-corrected chi connectivity index (χ4v) is 5.49. The minimum Gasteiger partial charge on any atom is -0.491 e. The zero-order valence-corrected chi connectivity index (χ0v) is 21.3. The molecule has 2 N–H and O–H groups in total. The average Bonchev–Trinajstić information content (AvgIpc) is 2.83. The van der Waals surface area contributed by atoms with Crippen molar-refractivity contribution in [1.29, 1.82) is 0 Å². The number of rotatable bonds is 8. The second-order valence-electron chi connectivity index (χ2n) is 9.87. The first-order valence-electron chi connectivity index (χ1n) is 13.3. The minimum atomic E-state index is -0.0419. The van der Waals surface area contributed by atoms with Crippen LogP contribution in [0.2, 0.25) is 0 Å². The van der Waals surface area contributed by atoms with Gasteiger partial charge in [0.1, 0.15) is 24.7 Å². The fraction of sp³-hybridized carbons (Fsp3) is 0.600. The molecular weight excluding hydrogens is 424 g/mol. The van der Waals surface area contributed by atoms with E-state index in [0.29, 0.717) is 13.2 Å². The lowest BCUT2D eigenvalue weighted by atomic mass is 9.67. The molecule has 4 heteroatoms. The van der Waals surface area contributed by atoms with E-state index in [2.05, 4.69) is 50.2 Å². The topological polar surface area (TPSA) is 58.9 Å². The van der Waals surface area contributed by atoms with Gasteiger partial charge in [0.2, 0.25) is 0 Å². The highest BCUT2D eigenvalue weighted by molar-refractivity contribution is 5.48. The van der Waals surface area contributed by atoms with Gasteiger partial charge in [-0.2, -0.15) is 0 Å². The number of aliphatic hydroxyl groups is 2. The summed E-state index contributed by atoms with van der Waals surface area (Å²) in [6.45, 7) is 4.90. The van der Waals surface area contributed by atoms with Gasteiger partial charge in [-0.25, -0.2) is 0 Å². The summed E-state index contributed by atoms with van der Waals surface area (Å²) in [6.07, 6.45) is 14.1. The van der Waals surface area contributed by atoms with Gasteiger partial charge in [0.15, 0.2) is 0 Å². The van der Waals surface area contributed by atoms with Crippen LogP contribution in [0.4, 0.5) is 0 Å². The third kappa shape index (κ3) is 6.99. The number of aryl methyl sites for hydroxylation is 2. The van der Waals surface area contributed by atoms with E-state index in [4.69, 9.17) is 9.47 Å². The molecular formula is C30H44O4. The van der Waals surface area contributed by atoms with Crippen LogP contribution in [0.25, 0.3) is 0 Å². The van der Waals surface area contributed by atoms with E-state index in [-0.39, 0.29) is 18.6 Å². The Bertz CT molecular complexity index is 805. The number of benzene rings is 2. The van der Waals surface area contributed by atoms with E-state index in [1.165, 1.54) is 68.9 Å². The molecule has 188 valence electrons. The van der Waals surface area contributed by atoms with Crippen molar-refractivity contribution in [3.05, 3.63) is 58.7 Å². The van der Waals surface area contributed by atoms with Gasteiger partial charge in [0, 0.05) is 5.41 Å². The number of hydrogen-bond acceptors (Lipinski definition) is 4. The summed E-state index contributed by atoms with van der Waals surface area (Å²) in [4.78, 5) is 0. The lowest BCUT2D eigenvalue weighted by Gasteiger charge is -2.37. The second-order valence-corrected chi connectivity index (χ2v) is 9.87. The molecule has 0 aromatic heterocycles. The summed E-state index contributed by atoms with van der Waals surface area (Å²) in [6, 6.07) is 13.3. The normalized spacial score (nSPS) is 17.4. The maximum atomic E-state index is 9.17. The monoisotopic (exact) mass is 468 g/mol. The summed E-state index contributed by atoms with van der Waals surface area (Å²) in [5, 5.41) is 18.3. The third-order valence-corrected chi connectivity index (χ3v) is 7.36. The third-order valence-electron chi connectivity index (χ3n) is 7.36. The standard InChI is InChI=1S/C30H44O4/c1-24-22-26(12-14-28(24)33-20-18-31)30(16-10-8-6-4-3-5-7-9-11-17-30)27-13-15-29(25(2)23-27)34-21-19-32/h12-15,22-23,31-32H,3-11,16-21H2,1-2H3. The summed E-state index contributed by atoms with van der Waals surface area (Å²) in [5.74, 6) is 1.70. The lowest BCUT2D eigenvalue weighted by molar-refractivity contribution is 0.200. The molecule has 2 aromatic rings. The van der Waals surface area contributed by atoms with Crippen LogP contribution in [0, 0.1) is 13.8 Å². The van der Waals surface area contributed by atoms with Crippen LogP contribution in [0.3, 0.4) is 0 Å². The van der Waals surface area contributed by atoms with Crippen molar-refractivity contribution in [3.63, 3.8) is 0 Å². The largest absolute Gasteiger partial charge is 0.491 e. The first-order valence-corrected chi connectivity index (χ1v) is 13.3. The van der Waals surface area contributed by atoms with Crippen molar-refractivity contribution in [2.75, 3.05) is 26.4 Å². The summed E-state index contributed by atoms with van der Waals surface area (Å²) in [7, 11) is 0. The fourth-order valence-electron chi connectivity index (χ4n) is 5.49. The summed E-state index contributed by atoms with van der Waals surface area (Å²) >= 11 is 0. The lowest BCUT2D eigenvalue weighted by Crippen LogP contribution is -2.28. The quantitative estimate of drug-likeness (QED) is 0.456. The smallest absolute Gasteiger partial charge is 0.122 e. The van der Waals surface area contributed by atoms with E-state index >= 15 is 0 Å². The molecule has 0 bridgehead atoms. The van der Waals surface area contributed by atoms with Crippen LogP contribution in [-0.4, -0.2) is 36.6 Å². The Morgan fingerprint density at radius 2 is 1.00 bits per heavy atom. The van der Waals surface area contributed by atoms with E-state index in [1.54, 1.807) is 0 Å². The first-order chi connectivity index (χ1) is 16.6. The highest BCUT2D eigenvalue weighted by atomic mass is 16.5. The zero-order chi connectivity index (χ0) is 24.2. The van der Waals surface area contributed by atoms with Crippen molar-refractivity contribution >= 4 is 0 Å². The van der Waals surface area contributed by atoms with Crippen LogP contribution in [0.1, 0.15) is 92.9 Å². The molecule has 34 heavy (non-hydrogen) atoms. The van der Waals surface area contributed by atoms with Gasteiger partial charge >= 0.3 is 0 Å². The Morgan fingerprint density at radius 3 is 1.35 bits per heavy atom. The van der Waals surface area contributed by atoms with Gasteiger partial charge in [0.05, 0.1) is 13.2 Å². The predicted octanol–water partition coefficient (Wildman–Crippen LogP) is 6.64. The molecule has 0 unspecified atom stereocenters. The second kappa shape index (κ2) is 13.7. The molecule has 0 saturated heterocycles. The maximum Gasteiger partial charge on any atom is 0.122 e. The Balaban J connectivity index is 2.02. The highest BCUT2D eigenvalue weighted by Crippen LogP contribution is 2.44. The predicted molar refractivity (Wildman–Crippen MR) is 139 cm³/mol. The Hall–Kier alpha value is -2.04. The molecule has 1 saturated carbocycles. The summed E-state index contributed by atoms with van der Waals surface area (Å²) in [5.41, 5.74) is 4.93. The van der Waals surface area contributed by atoms with Crippen molar-refractivity contribution in [2.45, 2.75) is 89.9 Å². The van der Waals surface area contributed by atoms with E-state index in [9.17, 15) is 10.2 Å². The van der Waals surface area contributed by atoms with Gasteiger partial charge in [-0.3, -0.25) is 0 Å². The van der Waals surface area contributed by atoms with Gasteiger partial charge in [0.25, 0.3) is 0 Å². The van der Waals surface area contributed by atoms with Crippen LogP contribution in [0.5, 0.6) is 11.5 Å². The molecule has 4 nitrogen and oxygen atoms in total. The summed E-state index contributed by atoms with van der Waals surface area (Å²) < 4.78 is 11.5. The first kappa shape index (κ1) is 26.6. The molecule has 1 aliphatic rings. The average molecular weight is 469 g/mol. The zero-order valence-electron chi connectivity index (χ0n) is 21.3. The molecule has 0 radical (unpaired) electrons. The van der Waals surface area contributed by atoms with Crippen molar-refractivity contribution in [1.82, 2.24) is 0 Å². The number of ether oxygens (including phenoxy) is 2. The van der Waals surface area contributed by atoms with Gasteiger partial charge < -0.3 is 19.7 Å². The molecule has 0 heterocycles. The molecule has 2 aromatic carbocycles. The van der Waals surface area contributed by atoms with Gasteiger partial charge in [-0.05, 0) is 61.1 Å². The Morgan fingerprint density at radius 1 is 0.618 bits per heavy atom. The van der Waals surface area contributed by atoms with Crippen LogP contribution in [-0.2, 0) is 5.41 Å². The van der Waals surface area contributed by atoms with Crippen molar-refractivity contribution in [2.24, 2.45) is 0 Å². The molecule has 0 atom stereocenters. The van der Waals surface area contributed by atoms with Crippen LogP contribution >= 0.6 is 0 Å². The Kier molecular flexibility index (Phi) is 10.7. The van der Waals surface area contributed by atoms with Crippen molar-refractivity contribution < 1.29 is 19.7 Å². The molecule has 1 fully saturated rings. The maximum absolute atomic E-state index is 9.17. The van der Waals surface area contributed by atoms with Crippen molar-refractivity contribution in [3.8, 4) is 11.5 Å². The number of hydrogen-bond donors (Lipinski definition) is 2. The van der Waals surface area contributed by atoms with E-state index in [1.807, 2.05) is 0 Å². The van der Waals surface area contributed by atoms with E-state index < -0.39 is 0 Å². The molecule has 0 spiro atoms. The highest BCUT2D eigenvalue weighted by Gasteiger charge is 2.34. The molecule has 0 amide bonds. The molecule has 1 aliphatic carbocycles. The SMILES string of the molecule is Cc1cc(C2(c3ccc(OCCO)c(C)c3)CCCCCCCCCCC2)ccc1OCCO. The van der Waals surface area contributed by atoms with Gasteiger partial charge in [-0.15, -0.1) is 0 Å². The van der Waals surface area contributed by atoms with Crippen LogP contribution < -0.4 is 9.47 Å². The van der Waals surface area contributed by atoms with E-state index in [0.717, 1.165) is 35.5 Å². The Labute approximate surface area is 206 Å². The minimum absolute atomic E-state index is 0.0229. The molecule has 3 rings (SSSR count). The van der Waals surface area contributed by atoms with Gasteiger partial charge in [-0.1, -0.05) is 82.1 Å². The number of aliphatic hydroxyl groups excluding tert-OH is 2. The molecule has 0 aliphatic heterocycles. The van der Waals surface area contributed by atoms with Crippen LogP contribution in [0.15, 0.2) is 36.4 Å².